The fourth-order valence-corrected chi connectivity index (χ4v) is 2.00. The van der Waals surface area contributed by atoms with Gasteiger partial charge in [-0.15, -0.1) is 0 Å². The van der Waals surface area contributed by atoms with E-state index in [9.17, 15) is 4.79 Å². The Morgan fingerprint density at radius 3 is 2.58 bits per heavy atom. The van der Waals surface area contributed by atoms with Crippen molar-refractivity contribution in [3.63, 3.8) is 0 Å². The van der Waals surface area contributed by atoms with E-state index in [0.717, 1.165) is 17.8 Å². The van der Waals surface area contributed by atoms with Crippen LogP contribution in [0.2, 0.25) is 0 Å². The van der Waals surface area contributed by atoms with Gasteiger partial charge in [-0.25, -0.2) is 0 Å². The molecular weight excluding hydrogens is 240 g/mol. The molecule has 0 spiro atoms. The molecule has 0 unspecified atom stereocenters. The van der Waals surface area contributed by atoms with Crippen molar-refractivity contribution < 1.29 is 9.53 Å². The normalized spacial score (nSPS) is 11.2. The largest absolute Gasteiger partial charge is 0.385 e. The summed E-state index contributed by atoms with van der Waals surface area (Å²) in [5, 5.41) is 6.21. The van der Waals surface area contributed by atoms with Crippen LogP contribution in [0.4, 0.5) is 5.69 Å². The van der Waals surface area contributed by atoms with E-state index in [1.54, 1.807) is 7.11 Å². The van der Waals surface area contributed by atoms with Crippen molar-refractivity contribution >= 4 is 11.6 Å². The number of aryl methyl sites for hydroxylation is 1. The van der Waals surface area contributed by atoms with Gasteiger partial charge in [-0.2, -0.15) is 0 Å². The second-order valence-corrected chi connectivity index (χ2v) is 5.33. The zero-order valence-electron chi connectivity index (χ0n) is 12.5. The molecule has 0 aliphatic heterocycles. The summed E-state index contributed by atoms with van der Waals surface area (Å²) in [6.07, 6.45) is 0. The zero-order valence-corrected chi connectivity index (χ0v) is 12.5. The van der Waals surface area contributed by atoms with Gasteiger partial charge in [0.25, 0.3) is 5.91 Å². The van der Waals surface area contributed by atoms with Crippen LogP contribution in [0.5, 0.6) is 0 Å². The van der Waals surface area contributed by atoms with E-state index in [0.29, 0.717) is 12.2 Å². The zero-order chi connectivity index (χ0) is 14.5. The lowest BCUT2D eigenvalue weighted by atomic mass is 10.0. The molecule has 0 saturated carbocycles. The fourth-order valence-electron chi connectivity index (χ4n) is 2.00. The maximum Gasteiger partial charge on any atom is 0.252 e. The molecule has 0 saturated heterocycles. The number of benzene rings is 1. The Morgan fingerprint density at radius 2 is 2.05 bits per heavy atom. The van der Waals surface area contributed by atoms with Gasteiger partial charge in [-0.05, 0) is 51.5 Å². The third kappa shape index (κ3) is 4.56. The maximum absolute atomic E-state index is 12.2. The number of carbonyl (C=O) groups is 1. The topological polar surface area (TPSA) is 50.4 Å². The maximum atomic E-state index is 12.2. The Hall–Kier alpha value is -1.55. The number of anilines is 1. The fraction of sp³-hybridized carbons (Fsp3) is 0.533. The Morgan fingerprint density at radius 1 is 1.37 bits per heavy atom. The average molecular weight is 264 g/mol. The summed E-state index contributed by atoms with van der Waals surface area (Å²) in [5.74, 6) is -0.0670. The third-order valence-electron chi connectivity index (χ3n) is 2.81. The average Bonchev–Trinajstić information content (AvgIpc) is 2.28. The molecule has 0 bridgehead atoms. The first-order chi connectivity index (χ1) is 8.89. The molecule has 4 nitrogen and oxygen atoms in total. The number of methoxy groups -OCH3 is 1. The molecule has 19 heavy (non-hydrogen) atoms. The van der Waals surface area contributed by atoms with Crippen LogP contribution in [0.15, 0.2) is 18.2 Å². The Bertz CT molecular complexity index is 442. The van der Waals surface area contributed by atoms with Crippen molar-refractivity contribution in [2.24, 2.45) is 0 Å². The Balaban J connectivity index is 2.83. The molecular formula is C15H24N2O2. The lowest BCUT2D eigenvalue weighted by Gasteiger charge is -2.25. The molecule has 1 aromatic carbocycles. The monoisotopic (exact) mass is 264 g/mol. The molecule has 0 atom stereocenters. The van der Waals surface area contributed by atoms with Crippen molar-refractivity contribution in [3.8, 4) is 0 Å². The highest BCUT2D eigenvalue weighted by molar-refractivity contribution is 5.96. The second kappa shape index (κ2) is 6.57. The van der Waals surface area contributed by atoms with Gasteiger partial charge in [0.1, 0.15) is 0 Å². The van der Waals surface area contributed by atoms with Gasteiger partial charge >= 0.3 is 0 Å². The summed E-state index contributed by atoms with van der Waals surface area (Å²) in [5.41, 5.74) is 2.32. The molecule has 0 radical (unpaired) electrons. The SMILES string of the molecule is CCNc1ccc(C(=O)NC(C)(C)COC)c(C)c1. The van der Waals surface area contributed by atoms with Crippen LogP contribution in [0, 0.1) is 6.92 Å². The minimum Gasteiger partial charge on any atom is -0.385 e. The molecule has 0 fully saturated rings. The second-order valence-electron chi connectivity index (χ2n) is 5.33. The van der Waals surface area contributed by atoms with Crippen LogP contribution >= 0.6 is 0 Å². The minimum atomic E-state index is -0.376. The van der Waals surface area contributed by atoms with E-state index in [1.165, 1.54) is 0 Å². The van der Waals surface area contributed by atoms with Crippen LogP contribution in [0.3, 0.4) is 0 Å². The molecule has 0 aliphatic carbocycles. The van der Waals surface area contributed by atoms with Gasteiger partial charge in [0.05, 0.1) is 12.1 Å². The van der Waals surface area contributed by atoms with Crippen molar-refractivity contribution in [1.82, 2.24) is 5.32 Å². The van der Waals surface area contributed by atoms with Crippen LogP contribution in [0.25, 0.3) is 0 Å². The lowest BCUT2D eigenvalue weighted by Crippen LogP contribution is -2.46. The highest BCUT2D eigenvalue weighted by atomic mass is 16.5. The van der Waals surface area contributed by atoms with E-state index in [2.05, 4.69) is 10.6 Å². The van der Waals surface area contributed by atoms with E-state index in [1.807, 2.05) is 45.9 Å². The van der Waals surface area contributed by atoms with Crippen LogP contribution < -0.4 is 10.6 Å². The van der Waals surface area contributed by atoms with Gasteiger partial charge in [0, 0.05) is 24.9 Å². The number of ether oxygens (including phenoxy) is 1. The molecule has 1 aromatic rings. The highest BCUT2D eigenvalue weighted by Gasteiger charge is 2.21. The van der Waals surface area contributed by atoms with E-state index in [4.69, 9.17) is 4.74 Å². The molecule has 0 heterocycles. The summed E-state index contributed by atoms with van der Waals surface area (Å²) in [6, 6.07) is 5.77. The Labute approximate surface area is 115 Å². The first-order valence-corrected chi connectivity index (χ1v) is 6.55. The van der Waals surface area contributed by atoms with Gasteiger partial charge in [-0.1, -0.05) is 0 Å². The first-order valence-electron chi connectivity index (χ1n) is 6.55. The number of hydrogen-bond donors (Lipinski definition) is 2. The van der Waals surface area contributed by atoms with E-state index < -0.39 is 0 Å². The molecule has 0 aliphatic rings. The Kier molecular flexibility index (Phi) is 5.36. The predicted octanol–water partition coefficient (Wildman–Crippen LogP) is 2.58. The molecule has 2 N–H and O–H groups in total. The van der Waals surface area contributed by atoms with E-state index in [-0.39, 0.29) is 11.4 Å². The van der Waals surface area contributed by atoms with Gasteiger partial charge in [0.2, 0.25) is 0 Å². The van der Waals surface area contributed by atoms with Crippen molar-refractivity contribution in [1.29, 1.82) is 0 Å². The van der Waals surface area contributed by atoms with Gasteiger partial charge in [-0.3, -0.25) is 4.79 Å². The molecule has 0 aromatic heterocycles. The third-order valence-corrected chi connectivity index (χ3v) is 2.81. The molecule has 106 valence electrons. The number of rotatable bonds is 6. The van der Waals surface area contributed by atoms with Crippen LogP contribution in [-0.2, 0) is 4.74 Å². The predicted molar refractivity (Wildman–Crippen MR) is 78.8 cm³/mol. The van der Waals surface area contributed by atoms with Crippen molar-refractivity contribution in [2.75, 3.05) is 25.6 Å². The summed E-state index contributed by atoms with van der Waals surface area (Å²) in [7, 11) is 1.63. The summed E-state index contributed by atoms with van der Waals surface area (Å²) in [6.45, 7) is 9.22. The summed E-state index contributed by atoms with van der Waals surface area (Å²) >= 11 is 0. The van der Waals surface area contributed by atoms with Crippen molar-refractivity contribution in [3.05, 3.63) is 29.3 Å². The van der Waals surface area contributed by atoms with Gasteiger partial charge < -0.3 is 15.4 Å². The number of carbonyl (C=O) groups excluding carboxylic acids is 1. The first kappa shape index (κ1) is 15.5. The summed E-state index contributed by atoms with van der Waals surface area (Å²) in [4.78, 5) is 12.2. The quantitative estimate of drug-likeness (QED) is 0.830. The number of nitrogens with one attached hydrogen (secondary N) is 2. The van der Waals surface area contributed by atoms with Crippen LogP contribution in [-0.4, -0.2) is 31.7 Å². The highest BCUT2D eigenvalue weighted by Crippen LogP contribution is 2.16. The number of hydrogen-bond acceptors (Lipinski definition) is 3. The smallest absolute Gasteiger partial charge is 0.252 e. The molecule has 4 heteroatoms. The van der Waals surface area contributed by atoms with Crippen molar-refractivity contribution in [2.45, 2.75) is 33.2 Å². The lowest BCUT2D eigenvalue weighted by molar-refractivity contribution is 0.0819. The molecule has 1 amide bonds. The minimum absolute atomic E-state index is 0.0670. The number of amides is 1. The van der Waals surface area contributed by atoms with Gasteiger partial charge in [0.15, 0.2) is 0 Å². The standard InChI is InChI=1S/C15H24N2O2/c1-6-16-12-7-8-13(11(2)9-12)14(18)17-15(3,4)10-19-5/h7-9,16H,6,10H2,1-5H3,(H,17,18). The molecule has 1 rings (SSSR count). The van der Waals surface area contributed by atoms with Crippen LogP contribution in [0.1, 0.15) is 36.7 Å². The summed E-state index contributed by atoms with van der Waals surface area (Å²) < 4.78 is 5.10. The van der Waals surface area contributed by atoms with E-state index >= 15 is 0 Å².